The third-order valence-corrected chi connectivity index (χ3v) is 5.05. The number of ether oxygens (including phenoxy) is 1. The van der Waals surface area contributed by atoms with Crippen molar-refractivity contribution >= 4 is 17.8 Å². The zero-order valence-electron chi connectivity index (χ0n) is 15.0. The molecule has 1 saturated carbocycles. The molecule has 0 atom stereocenters. The third kappa shape index (κ3) is 3.18. The molecule has 1 aliphatic carbocycles. The van der Waals surface area contributed by atoms with E-state index in [0.29, 0.717) is 23.6 Å². The number of anilines is 1. The lowest BCUT2D eigenvalue weighted by Gasteiger charge is -2.22. The molecule has 2 aromatic heterocycles. The van der Waals surface area contributed by atoms with Gasteiger partial charge in [-0.15, -0.1) is 5.10 Å². The van der Waals surface area contributed by atoms with Crippen molar-refractivity contribution in [2.45, 2.75) is 44.8 Å². The molecule has 0 bridgehead atoms. The van der Waals surface area contributed by atoms with Gasteiger partial charge in [-0.05, 0) is 18.9 Å². The molecule has 27 heavy (non-hydrogen) atoms. The lowest BCUT2D eigenvalue weighted by atomic mass is 10.1. The van der Waals surface area contributed by atoms with Crippen LogP contribution < -0.4 is 15.8 Å². The molecule has 142 valence electrons. The van der Waals surface area contributed by atoms with Gasteiger partial charge >= 0.3 is 0 Å². The Hall–Kier alpha value is -3.17. The van der Waals surface area contributed by atoms with Crippen molar-refractivity contribution in [3.63, 3.8) is 0 Å². The van der Waals surface area contributed by atoms with Gasteiger partial charge in [-0.1, -0.05) is 12.8 Å². The van der Waals surface area contributed by atoms with E-state index in [9.17, 15) is 9.59 Å². The van der Waals surface area contributed by atoms with E-state index in [1.165, 1.54) is 7.11 Å². The largest absolute Gasteiger partial charge is 0.480 e. The maximum absolute atomic E-state index is 12.8. The summed E-state index contributed by atoms with van der Waals surface area (Å²) in [7, 11) is 1.45. The number of pyridine rings is 1. The van der Waals surface area contributed by atoms with Crippen LogP contribution in [0.4, 0.5) is 5.95 Å². The SMILES string of the molecule is COc1nc2c(cc1C(=O)NCc1nc(N)n[nH]1)C(=O)N(C1CCCC1)C2. The van der Waals surface area contributed by atoms with E-state index in [-0.39, 0.29) is 35.9 Å². The Morgan fingerprint density at radius 3 is 2.85 bits per heavy atom. The maximum Gasteiger partial charge on any atom is 0.257 e. The van der Waals surface area contributed by atoms with Gasteiger partial charge in [0.15, 0.2) is 0 Å². The number of hydrogen-bond donors (Lipinski definition) is 3. The smallest absolute Gasteiger partial charge is 0.257 e. The lowest BCUT2D eigenvalue weighted by Crippen LogP contribution is -2.33. The minimum Gasteiger partial charge on any atom is -0.480 e. The fraction of sp³-hybridized carbons (Fsp3) is 0.471. The van der Waals surface area contributed by atoms with E-state index >= 15 is 0 Å². The molecule has 4 N–H and O–H groups in total. The molecule has 4 rings (SSSR count). The van der Waals surface area contributed by atoms with Crippen LogP contribution in [0.25, 0.3) is 0 Å². The minimum atomic E-state index is -0.413. The van der Waals surface area contributed by atoms with Gasteiger partial charge in [0.05, 0.1) is 31.5 Å². The summed E-state index contributed by atoms with van der Waals surface area (Å²) in [4.78, 5) is 35.6. The lowest BCUT2D eigenvalue weighted by molar-refractivity contribution is 0.0706. The van der Waals surface area contributed by atoms with E-state index in [4.69, 9.17) is 10.5 Å². The van der Waals surface area contributed by atoms with Crippen LogP contribution in [0.2, 0.25) is 0 Å². The van der Waals surface area contributed by atoms with E-state index in [1.807, 2.05) is 4.90 Å². The Morgan fingerprint density at radius 1 is 1.41 bits per heavy atom. The zero-order valence-corrected chi connectivity index (χ0v) is 15.0. The average molecular weight is 371 g/mol. The summed E-state index contributed by atoms with van der Waals surface area (Å²) in [5.74, 6) is 0.254. The van der Waals surface area contributed by atoms with Crippen molar-refractivity contribution in [2.24, 2.45) is 0 Å². The first-order valence-corrected chi connectivity index (χ1v) is 8.90. The van der Waals surface area contributed by atoms with Gasteiger partial charge in [0, 0.05) is 6.04 Å². The number of nitrogens with one attached hydrogen (secondary N) is 2. The molecular formula is C17H21N7O3. The Labute approximate surface area is 155 Å². The number of H-pyrrole nitrogens is 1. The molecule has 10 nitrogen and oxygen atoms in total. The van der Waals surface area contributed by atoms with Gasteiger partial charge in [-0.25, -0.2) is 4.98 Å². The predicted molar refractivity (Wildman–Crippen MR) is 94.9 cm³/mol. The quantitative estimate of drug-likeness (QED) is 0.700. The molecule has 0 radical (unpaired) electrons. The van der Waals surface area contributed by atoms with Gasteiger partial charge in [-0.3, -0.25) is 14.7 Å². The fourth-order valence-electron chi connectivity index (χ4n) is 3.70. The Bertz CT molecular complexity index is 889. The van der Waals surface area contributed by atoms with Crippen LogP contribution in [0.5, 0.6) is 5.88 Å². The Balaban J connectivity index is 1.55. The Morgan fingerprint density at radius 2 is 2.19 bits per heavy atom. The number of nitrogens with zero attached hydrogens (tertiary/aromatic N) is 4. The summed E-state index contributed by atoms with van der Waals surface area (Å²) in [6.45, 7) is 0.583. The first-order valence-electron chi connectivity index (χ1n) is 8.90. The highest BCUT2D eigenvalue weighted by atomic mass is 16.5. The van der Waals surface area contributed by atoms with Crippen LogP contribution in [-0.4, -0.2) is 50.0 Å². The topological polar surface area (TPSA) is 139 Å². The first-order chi connectivity index (χ1) is 13.1. The first kappa shape index (κ1) is 17.3. The second-order valence-electron chi connectivity index (χ2n) is 6.73. The summed E-state index contributed by atoms with van der Waals surface area (Å²) < 4.78 is 5.29. The number of rotatable bonds is 5. The number of amides is 2. The number of aromatic amines is 1. The van der Waals surface area contributed by atoms with Crippen LogP contribution in [0.3, 0.4) is 0 Å². The molecule has 0 unspecified atom stereocenters. The predicted octanol–water partition coefficient (Wildman–Crippen LogP) is 0.619. The molecule has 10 heteroatoms. The monoisotopic (exact) mass is 371 g/mol. The summed E-state index contributed by atoms with van der Waals surface area (Å²) in [6.07, 6.45) is 4.32. The molecule has 3 heterocycles. The van der Waals surface area contributed by atoms with E-state index < -0.39 is 5.91 Å². The van der Waals surface area contributed by atoms with Crippen LogP contribution in [0.1, 0.15) is 57.9 Å². The summed E-state index contributed by atoms with van der Waals surface area (Å²) in [5.41, 5.74) is 6.78. The van der Waals surface area contributed by atoms with Gasteiger partial charge in [0.1, 0.15) is 11.4 Å². The molecule has 0 aromatic carbocycles. The average Bonchev–Trinajstić information content (AvgIpc) is 3.40. The normalized spacial score (nSPS) is 16.6. The number of hydrogen-bond acceptors (Lipinski definition) is 7. The number of methoxy groups -OCH3 is 1. The van der Waals surface area contributed by atoms with Crippen molar-refractivity contribution in [1.82, 2.24) is 30.4 Å². The fourth-order valence-corrected chi connectivity index (χ4v) is 3.70. The molecule has 2 aliphatic rings. The van der Waals surface area contributed by atoms with Gasteiger partial charge in [0.2, 0.25) is 11.8 Å². The second kappa shape index (κ2) is 6.86. The number of fused-ring (bicyclic) bond motifs is 1. The van der Waals surface area contributed by atoms with E-state index in [2.05, 4.69) is 25.5 Å². The van der Waals surface area contributed by atoms with Gasteiger partial charge < -0.3 is 20.7 Å². The summed E-state index contributed by atoms with van der Waals surface area (Å²) in [5, 5.41) is 9.03. The maximum atomic E-state index is 12.8. The minimum absolute atomic E-state index is 0.0656. The second-order valence-corrected chi connectivity index (χ2v) is 6.73. The van der Waals surface area contributed by atoms with Crippen molar-refractivity contribution in [2.75, 3.05) is 12.8 Å². The highest BCUT2D eigenvalue weighted by molar-refractivity contribution is 6.03. The van der Waals surface area contributed by atoms with Crippen LogP contribution in [0.15, 0.2) is 6.07 Å². The van der Waals surface area contributed by atoms with Gasteiger partial charge in [-0.2, -0.15) is 4.98 Å². The Kier molecular flexibility index (Phi) is 4.38. The van der Waals surface area contributed by atoms with Crippen LogP contribution >= 0.6 is 0 Å². The zero-order chi connectivity index (χ0) is 19.0. The summed E-state index contributed by atoms with van der Waals surface area (Å²) >= 11 is 0. The van der Waals surface area contributed by atoms with Crippen molar-refractivity contribution in [3.05, 3.63) is 28.7 Å². The van der Waals surface area contributed by atoms with Crippen LogP contribution in [0, 0.1) is 0 Å². The van der Waals surface area contributed by atoms with E-state index in [1.54, 1.807) is 6.07 Å². The molecule has 1 aliphatic heterocycles. The van der Waals surface area contributed by atoms with E-state index in [0.717, 1.165) is 25.7 Å². The molecular weight excluding hydrogens is 350 g/mol. The number of aromatic nitrogens is 4. The molecule has 0 spiro atoms. The molecule has 2 aromatic rings. The summed E-state index contributed by atoms with van der Waals surface area (Å²) in [6, 6.07) is 1.83. The van der Waals surface area contributed by atoms with Gasteiger partial charge in [0.25, 0.3) is 11.8 Å². The van der Waals surface area contributed by atoms with Crippen LogP contribution in [-0.2, 0) is 13.1 Å². The number of carbonyl (C=O) groups is 2. The number of nitrogen functional groups attached to an aromatic ring is 1. The molecule has 0 saturated heterocycles. The highest BCUT2D eigenvalue weighted by Gasteiger charge is 2.36. The molecule has 2 amide bonds. The van der Waals surface area contributed by atoms with Crippen molar-refractivity contribution < 1.29 is 14.3 Å². The van der Waals surface area contributed by atoms with Crippen molar-refractivity contribution in [1.29, 1.82) is 0 Å². The molecule has 1 fully saturated rings. The number of carbonyl (C=O) groups excluding carboxylic acids is 2. The standard InChI is InChI=1S/C17H21N7O3/c1-27-15-11(14(25)19-7-13-21-17(18)23-22-13)6-10-12(20-15)8-24(16(10)26)9-4-2-3-5-9/h6,9H,2-5,7-8H2,1H3,(H,19,25)(H3,18,21,22,23). The highest BCUT2D eigenvalue weighted by Crippen LogP contribution is 2.33. The van der Waals surface area contributed by atoms with Crippen molar-refractivity contribution in [3.8, 4) is 5.88 Å². The number of nitrogens with two attached hydrogens (primary N) is 1. The third-order valence-electron chi connectivity index (χ3n) is 5.05.